The van der Waals surface area contributed by atoms with Crippen LogP contribution >= 0.6 is 0 Å². The third-order valence-electron chi connectivity index (χ3n) is 3.19. The van der Waals surface area contributed by atoms with Crippen molar-refractivity contribution in [3.63, 3.8) is 0 Å². The van der Waals surface area contributed by atoms with Crippen molar-refractivity contribution in [1.82, 2.24) is 4.13 Å². The Labute approximate surface area is 133 Å². The van der Waals surface area contributed by atoms with Crippen molar-refractivity contribution in [1.29, 1.82) is 0 Å². The first kappa shape index (κ1) is 18.9. The van der Waals surface area contributed by atoms with E-state index in [1.807, 2.05) is 0 Å². The Hall–Kier alpha value is -1.12. The van der Waals surface area contributed by atoms with Crippen LogP contribution in [0.1, 0.15) is 45.4 Å². The topological polar surface area (TPSA) is 106 Å². The van der Waals surface area contributed by atoms with E-state index in [1.165, 1.54) is 24.3 Å². The summed E-state index contributed by atoms with van der Waals surface area (Å²) in [6, 6.07) is 5.37. The van der Waals surface area contributed by atoms with Gasteiger partial charge in [0, 0.05) is 5.69 Å². The lowest BCUT2D eigenvalue weighted by Gasteiger charge is -2.08. The maximum atomic E-state index is 12.0. The molecule has 6 nitrogen and oxygen atoms in total. The Morgan fingerprint density at radius 3 is 2.05 bits per heavy atom. The van der Waals surface area contributed by atoms with E-state index in [1.54, 1.807) is 4.13 Å². The molecule has 0 heterocycles. The average molecular weight is 348 g/mol. The van der Waals surface area contributed by atoms with Gasteiger partial charge in [0.2, 0.25) is 10.0 Å². The molecular formula is C14H24N2O4S2. The first-order chi connectivity index (χ1) is 10.3. The van der Waals surface area contributed by atoms with E-state index < -0.39 is 20.0 Å². The molecule has 0 radical (unpaired) electrons. The number of rotatable bonds is 10. The van der Waals surface area contributed by atoms with Crippen LogP contribution in [0.2, 0.25) is 0 Å². The van der Waals surface area contributed by atoms with E-state index in [0.717, 1.165) is 32.1 Å². The molecule has 0 spiro atoms. The van der Waals surface area contributed by atoms with Crippen molar-refractivity contribution in [3.05, 3.63) is 24.3 Å². The number of sulfonamides is 2. The van der Waals surface area contributed by atoms with Crippen LogP contribution in [0, 0.1) is 0 Å². The molecule has 0 fully saturated rings. The van der Waals surface area contributed by atoms with Crippen LogP contribution in [0.3, 0.4) is 0 Å². The van der Waals surface area contributed by atoms with Gasteiger partial charge >= 0.3 is 0 Å². The van der Waals surface area contributed by atoms with Crippen LogP contribution < -0.4 is 9.86 Å². The van der Waals surface area contributed by atoms with Crippen molar-refractivity contribution in [2.24, 2.45) is 0 Å². The number of hydrogen-bond donors (Lipinski definition) is 2. The zero-order chi connectivity index (χ0) is 16.6. The van der Waals surface area contributed by atoms with E-state index in [2.05, 4.69) is 6.92 Å². The Bertz CT molecular complexity index is 653. The molecule has 0 aliphatic heterocycles. The molecule has 8 heteroatoms. The Morgan fingerprint density at radius 2 is 1.45 bits per heavy atom. The zero-order valence-corrected chi connectivity index (χ0v) is 14.4. The van der Waals surface area contributed by atoms with Gasteiger partial charge in [-0.05, 0) is 30.7 Å². The molecule has 0 aliphatic carbocycles. The molecule has 22 heavy (non-hydrogen) atoms. The summed E-state index contributed by atoms with van der Waals surface area (Å²) in [5.41, 5.74) is 5.89. The summed E-state index contributed by atoms with van der Waals surface area (Å²) in [5, 5.41) is 0. The van der Waals surface area contributed by atoms with Crippen LogP contribution in [-0.4, -0.2) is 22.6 Å². The molecule has 126 valence electrons. The predicted octanol–water partition coefficient (Wildman–Crippen LogP) is 2.24. The van der Waals surface area contributed by atoms with E-state index in [0.29, 0.717) is 12.1 Å². The first-order valence-corrected chi connectivity index (χ1v) is 10.5. The van der Waals surface area contributed by atoms with Gasteiger partial charge in [0.15, 0.2) is 0 Å². The van der Waals surface area contributed by atoms with Crippen LogP contribution in [0.5, 0.6) is 0 Å². The molecule has 3 N–H and O–H groups in total. The third kappa shape index (κ3) is 6.76. The fraction of sp³-hybridized carbons (Fsp3) is 0.571. The van der Waals surface area contributed by atoms with Gasteiger partial charge in [-0.3, -0.25) is 0 Å². The van der Waals surface area contributed by atoms with Crippen molar-refractivity contribution < 1.29 is 16.8 Å². The fourth-order valence-electron chi connectivity index (χ4n) is 1.98. The number of unbranched alkanes of at least 4 members (excludes halogenated alkanes) is 5. The quantitative estimate of drug-likeness (QED) is 0.498. The Morgan fingerprint density at radius 1 is 0.909 bits per heavy atom. The molecule has 1 aromatic carbocycles. The molecule has 1 rings (SSSR count). The van der Waals surface area contributed by atoms with Gasteiger partial charge in [-0.1, -0.05) is 39.0 Å². The van der Waals surface area contributed by atoms with Gasteiger partial charge in [0.1, 0.15) is 0 Å². The highest BCUT2D eigenvalue weighted by Gasteiger charge is 2.22. The van der Waals surface area contributed by atoms with Crippen LogP contribution in [0.4, 0.5) is 5.69 Å². The van der Waals surface area contributed by atoms with Crippen molar-refractivity contribution in [3.8, 4) is 0 Å². The molecule has 0 saturated carbocycles. The van der Waals surface area contributed by atoms with Gasteiger partial charge in [-0.15, -0.1) is 4.13 Å². The van der Waals surface area contributed by atoms with Gasteiger partial charge in [0.25, 0.3) is 10.0 Å². The molecule has 0 atom stereocenters. The first-order valence-electron chi connectivity index (χ1n) is 7.38. The summed E-state index contributed by atoms with van der Waals surface area (Å²) in [7, 11) is -7.94. The highest BCUT2D eigenvalue weighted by Crippen LogP contribution is 2.13. The monoisotopic (exact) mass is 348 g/mol. The summed E-state index contributed by atoms with van der Waals surface area (Å²) in [5.74, 6) is -0.187. The second-order valence-corrected chi connectivity index (χ2v) is 9.03. The molecule has 0 saturated heterocycles. The number of benzene rings is 1. The van der Waals surface area contributed by atoms with Crippen molar-refractivity contribution in [2.45, 2.75) is 50.3 Å². The van der Waals surface area contributed by atoms with Gasteiger partial charge in [-0.25, -0.2) is 16.8 Å². The lowest BCUT2D eigenvalue weighted by Crippen LogP contribution is -2.32. The number of nitrogen functional groups attached to an aromatic ring is 1. The van der Waals surface area contributed by atoms with Crippen LogP contribution in [0.15, 0.2) is 29.2 Å². The van der Waals surface area contributed by atoms with E-state index >= 15 is 0 Å². The summed E-state index contributed by atoms with van der Waals surface area (Å²) < 4.78 is 49.5. The van der Waals surface area contributed by atoms with E-state index in [4.69, 9.17) is 5.73 Å². The van der Waals surface area contributed by atoms with Crippen LogP contribution in [-0.2, 0) is 20.0 Å². The average Bonchev–Trinajstić information content (AvgIpc) is 2.42. The summed E-state index contributed by atoms with van der Waals surface area (Å²) in [6.07, 6.45) is 5.54. The SMILES string of the molecule is CCCCCCCCS(=O)(=O)NS(=O)(=O)c1ccc(N)cc1. The fourth-order valence-corrected chi connectivity index (χ4v) is 5.11. The number of nitrogens with two attached hydrogens (primary N) is 1. The van der Waals surface area contributed by atoms with Gasteiger partial charge in [0.05, 0.1) is 10.6 Å². The maximum Gasteiger partial charge on any atom is 0.253 e. The summed E-state index contributed by atoms with van der Waals surface area (Å²) >= 11 is 0. The Balaban J connectivity index is 2.54. The number of nitrogens with one attached hydrogen (secondary N) is 1. The standard InChI is InChI=1S/C14H24N2O4S2/c1-2-3-4-5-6-7-12-21(17,18)16-22(19,20)14-10-8-13(15)9-11-14/h8-11,16H,2-7,12,15H2,1H3. The number of hydrogen-bond acceptors (Lipinski definition) is 5. The molecule has 0 bridgehead atoms. The normalized spacial score (nSPS) is 12.4. The minimum atomic E-state index is -4.08. The summed E-state index contributed by atoms with van der Waals surface area (Å²) in [4.78, 5) is -0.117. The maximum absolute atomic E-state index is 12.0. The zero-order valence-electron chi connectivity index (χ0n) is 12.8. The largest absolute Gasteiger partial charge is 0.399 e. The van der Waals surface area contributed by atoms with E-state index in [9.17, 15) is 16.8 Å². The van der Waals surface area contributed by atoms with Gasteiger partial charge in [-0.2, -0.15) is 0 Å². The smallest absolute Gasteiger partial charge is 0.253 e. The molecule has 1 aromatic rings. The second kappa shape index (κ2) is 8.50. The molecule has 0 amide bonds. The highest BCUT2D eigenvalue weighted by molar-refractivity contribution is 8.04. The molecule has 0 unspecified atom stereocenters. The van der Waals surface area contributed by atoms with E-state index in [-0.39, 0.29) is 10.6 Å². The molecule has 0 aromatic heterocycles. The predicted molar refractivity (Wildman–Crippen MR) is 88.3 cm³/mol. The molecule has 0 aliphatic rings. The van der Waals surface area contributed by atoms with Crippen LogP contribution in [0.25, 0.3) is 0 Å². The summed E-state index contributed by atoms with van der Waals surface area (Å²) in [6.45, 7) is 2.11. The van der Waals surface area contributed by atoms with Crippen molar-refractivity contribution in [2.75, 3.05) is 11.5 Å². The second-order valence-electron chi connectivity index (χ2n) is 5.24. The Kier molecular flexibility index (Phi) is 7.31. The number of anilines is 1. The highest BCUT2D eigenvalue weighted by atomic mass is 32.3. The minimum absolute atomic E-state index is 0.117. The minimum Gasteiger partial charge on any atom is -0.399 e. The van der Waals surface area contributed by atoms with Gasteiger partial charge < -0.3 is 5.73 Å². The lowest BCUT2D eigenvalue weighted by atomic mass is 10.1. The third-order valence-corrected chi connectivity index (χ3v) is 6.81. The van der Waals surface area contributed by atoms with Crippen molar-refractivity contribution >= 4 is 25.7 Å². The lowest BCUT2D eigenvalue weighted by molar-refractivity contribution is 0.570. The molecular weight excluding hydrogens is 324 g/mol.